The van der Waals surface area contributed by atoms with Crippen molar-refractivity contribution >= 4 is 11.9 Å². The summed E-state index contributed by atoms with van der Waals surface area (Å²) in [5, 5.41) is 11.6. The fourth-order valence-corrected chi connectivity index (χ4v) is 1.35. The zero-order chi connectivity index (χ0) is 13.5. The first-order chi connectivity index (χ1) is 7.83. The van der Waals surface area contributed by atoms with Gasteiger partial charge in [0, 0.05) is 13.0 Å². The Hall–Kier alpha value is -1.10. The van der Waals surface area contributed by atoms with E-state index in [0.29, 0.717) is 25.9 Å². The zero-order valence-corrected chi connectivity index (χ0v) is 11.0. The zero-order valence-electron chi connectivity index (χ0n) is 11.0. The lowest BCUT2D eigenvalue weighted by Gasteiger charge is -2.19. The molecule has 17 heavy (non-hydrogen) atoms. The van der Waals surface area contributed by atoms with Crippen LogP contribution in [-0.2, 0) is 9.59 Å². The van der Waals surface area contributed by atoms with Gasteiger partial charge in [0.2, 0.25) is 5.91 Å². The first kappa shape index (κ1) is 15.9. The van der Waals surface area contributed by atoms with Crippen molar-refractivity contribution in [2.75, 3.05) is 13.1 Å². The van der Waals surface area contributed by atoms with Gasteiger partial charge in [0.1, 0.15) is 0 Å². The van der Waals surface area contributed by atoms with Crippen molar-refractivity contribution < 1.29 is 14.7 Å². The third-order valence-electron chi connectivity index (χ3n) is 3.04. The van der Waals surface area contributed by atoms with Crippen LogP contribution in [-0.4, -0.2) is 30.1 Å². The van der Waals surface area contributed by atoms with Crippen molar-refractivity contribution in [1.29, 1.82) is 0 Å². The van der Waals surface area contributed by atoms with Crippen molar-refractivity contribution in [1.82, 2.24) is 5.32 Å². The summed E-state index contributed by atoms with van der Waals surface area (Å²) in [5.41, 5.74) is 4.71. The number of aliphatic carboxylic acids is 1. The number of hydrogen-bond acceptors (Lipinski definition) is 3. The number of rotatable bonds is 8. The lowest BCUT2D eigenvalue weighted by Crippen LogP contribution is -2.33. The number of hydrogen-bond donors (Lipinski definition) is 3. The molecule has 0 saturated carbocycles. The molecule has 0 bridgehead atoms. The number of carbonyl (C=O) groups excluding carboxylic acids is 1. The van der Waals surface area contributed by atoms with E-state index in [9.17, 15) is 9.59 Å². The Morgan fingerprint density at radius 3 is 2.41 bits per heavy atom. The fourth-order valence-electron chi connectivity index (χ4n) is 1.35. The van der Waals surface area contributed by atoms with E-state index < -0.39 is 11.4 Å². The third kappa shape index (κ3) is 6.26. The molecular weight excluding hydrogens is 220 g/mol. The summed E-state index contributed by atoms with van der Waals surface area (Å²) in [5.74, 6) is -0.689. The number of carboxylic acid groups (broad SMARTS) is 1. The van der Waals surface area contributed by atoms with Gasteiger partial charge in [-0.3, -0.25) is 9.59 Å². The SMILES string of the molecule is CCC(CN)CC(=O)NCCC(C)(C)C(=O)O. The van der Waals surface area contributed by atoms with Gasteiger partial charge in [0.25, 0.3) is 0 Å². The van der Waals surface area contributed by atoms with Gasteiger partial charge in [0.15, 0.2) is 0 Å². The van der Waals surface area contributed by atoms with Gasteiger partial charge < -0.3 is 16.2 Å². The summed E-state index contributed by atoms with van der Waals surface area (Å²) >= 11 is 0. The monoisotopic (exact) mass is 244 g/mol. The van der Waals surface area contributed by atoms with Crippen LogP contribution in [0.2, 0.25) is 0 Å². The highest BCUT2D eigenvalue weighted by Gasteiger charge is 2.26. The molecule has 5 nitrogen and oxygen atoms in total. The first-order valence-corrected chi connectivity index (χ1v) is 6.03. The second-order valence-electron chi connectivity index (χ2n) is 5.00. The first-order valence-electron chi connectivity index (χ1n) is 6.03. The summed E-state index contributed by atoms with van der Waals surface area (Å²) in [7, 11) is 0. The summed E-state index contributed by atoms with van der Waals surface area (Å²) in [4.78, 5) is 22.4. The van der Waals surface area contributed by atoms with Gasteiger partial charge >= 0.3 is 5.97 Å². The van der Waals surface area contributed by atoms with Crippen LogP contribution in [0.25, 0.3) is 0 Å². The Kier molecular flexibility index (Phi) is 6.80. The smallest absolute Gasteiger partial charge is 0.309 e. The molecule has 4 N–H and O–H groups in total. The molecule has 0 saturated heterocycles. The third-order valence-corrected chi connectivity index (χ3v) is 3.04. The maximum Gasteiger partial charge on any atom is 0.309 e. The minimum atomic E-state index is -0.847. The van der Waals surface area contributed by atoms with Crippen molar-refractivity contribution in [2.45, 2.75) is 40.0 Å². The minimum Gasteiger partial charge on any atom is -0.481 e. The normalized spacial score (nSPS) is 13.2. The maximum atomic E-state index is 11.5. The van der Waals surface area contributed by atoms with Crippen LogP contribution in [0.3, 0.4) is 0 Å². The molecule has 0 spiro atoms. The number of carbonyl (C=O) groups is 2. The van der Waals surface area contributed by atoms with Gasteiger partial charge in [0.05, 0.1) is 5.41 Å². The Bertz CT molecular complexity index is 260. The Labute approximate surface area is 103 Å². The summed E-state index contributed by atoms with van der Waals surface area (Å²) < 4.78 is 0. The van der Waals surface area contributed by atoms with Crippen molar-refractivity contribution in [3.05, 3.63) is 0 Å². The highest BCUT2D eigenvalue weighted by Crippen LogP contribution is 2.19. The van der Waals surface area contributed by atoms with Crippen LogP contribution in [0, 0.1) is 11.3 Å². The number of carboxylic acids is 1. The van der Waals surface area contributed by atoms with E-state index in [2.05, 4.69) is 5.32 Å². The van der Waals surface area contributed by atoms with Crippen LogP contribution < -0.4 is 11.1 Å². The van der Waals surface area contributed by atoms with Gasteiger partial charge in [-0.25, -0.2) is 0 Å². The van der Waals surface area contributed by atoms with E-state index >= 15 is 0 Å². The van der Waals surface area contributed by atoms with E-state index in [-0.39, 0.29) is 11.8 Å². The molecule has 100 valence electrons. The molecular formula is C12H24N2O3. The van der Waals surface area contributed by atoms with Crippen molar-refractivity contribution in [2.24, 2.45) is 17.1 Å². The molecule has 0 aromatic rings. The number of amides is 1. The van der Waals surface area contributed by atoms with Gasteiger partial charge in [-0.2, -0.15) is 0 Å². The van der Waals surface area contributed by atoms with Crippen molar-refractivity contribution in [3.63, 3.8) is 0 Å². The second-order valence-corrected chi connectivity index (χ2v) is 5.00. The lowest BCUT2D eigenvalue weighted by molar-refractivity contribution is -0.147. The molecule has 0 aromatic heterocycles. The highest BCUT2D eigenvalue weighted by molar-refractivity contribution is 5.76. The van der Waals surface area contributed by atoms with E-state index in [1.165, 1.54) is 0 Å². The fraction of sp³-hybridized carbons (Fsp3) is 0.833. The standard InChI is InChI=1S/C12H24N2O3/c1-4-9(8-13)7-10(15)14-6-5-12(2,3)11(16)17/h9H,4-8,13H2,1-3H3,(H,14,15)(H,16,17). The van der Waals surface area contributed by atoms with E-state index in [0.717, 1.165) is 6.42 Å². The van der Waals surface area contributed by atoms with Gasteiger partial charge in [-0.05, 0) is 32.7 Å². The lowest BCUT2D eigenvalue weighted by atomic mass is 9.89. The molecule has 0 heterocycles. The van der Waals surface area contributed by atoms with E-state index in [1.54, 1.807) is 13.8 Å². The Balaban J connectivity index is 3.90. The highest BCUT2D eigenvalue weighted by atomic mass is 16.4. The summed E-state index contributed by atoms with van der Waals surface area (Å²) in [6.45, 7) is 6.19. The van der Waals surface area contributed by atoms with E-state index in [4.69, 9.17) is 10.8 Å². The van der Waals surface area contributed by atoms with Crippen LogP contribution in [0.4, 0.5) is 0 Å². The minimum absolute atomic E-state index is 0.0523. The molecule has 0 radical (unpaired) electrons. The Morgan fingerprint density at radius 1 is 1.41 bits per heavy atom. The Morgan fingerprint density at radius 2 is 2.00 bits per heavy atom. The molecule has 0 aliphatic carbocycles. The van der Waals surface area contributed by atoms with Gasteiger partial charge in [-0.1, -0.05) is 13.3 Å². The molecule has 1 unspecified atom stereocenters. The molecule has 0 aliphatic heterocycles. The average Bonchev–Trinajstić information content (AvgIpc) is 2.25. The van der Waals surface area contributed by atoms with Crippen LogP contribution in [0.15, 0.2) is 0 Å². The predicted molar refractivity (Wildman–Crippen MR) is 66.5 cm³/mol. The molecule has 5 heteroatoms. The quantitative estimate of drug-likeness (QED) is 0.593. The van der Waals surface area contributed by atoms with Crippen molar-refractivity contribution in [3.8, 4) is 0 Å². The van der Waals surface area contributed by atoms with Crippen LogP contribution in [0.5, 0.6) is 0 Å². The molecule has 0 rings (SSSR count). The topological polar surface area (TPSA) is 92.4 Å². The van der Waals surface area contributed by atoms with Gasteiger partial charge in [-0.15, -0.1) is 0 Å². The average molecular weight is 244 g/mol. The van der Waals surface area contributed by atoms with Crippen LogP contribution >= 0.6 is 0 Å². The largest absolute Gasteiger partial charge is 0.481 e. The molecule has 1 atom stereocenters. The number of nitrogens with one attached hydrogen (secondary N) is 1. The number of nitrogens with two attached hydrogens (primary N) is 1. The molecule has 0 aliphatic rings. The summed E-state index contributed by atoms with van der Waals surface area (Å²) in [6.07, 6.45) is 1.72. The van der Waals surface area contributed by atoms with Crippen LogP contribution in [0.1, 0.15) is 40.0 Å². The molecule has 0 fully saturated rings. The summed E-state index contributed by atoms with van der Waals surface area (Å²) in [6, 6.07) is 0. The molecule has 1 amide bonds. The van der Waals surface area contributed by atoms with E-state index in [1.807, 2.05) is 6.92 Å². The predicted octanol–water partition coefficient (Wildman–Crippen LogP) is 0.979. The molecule has 0 aromatic carbocycles. The maximum absolute atomic E-state index is 11.5. The second kappa shape index (κ2) is 7.27.